The molecule has 0 unspecified atom stereocenters. The zero-order chi connectivity index (χ0) is 9.54. The molecule has 1 aromatic carbocycles. The van der Waals surface area contributed by atoms with Gasteiger partial charge in [0.25, 0.3) is 0 Å². The number of benzene rings is 1. The zero-order valence-corrected chi connectivity index (χ0v) is 7.56. The van der Waals surface area contributed by atoms with Crippen molar-refractivity contribution in [1.29, 1.82) is 0 Å². The van der Waals surface area contributed by atoms with E-state index in [0.717, 1.165) is 11.0 Å². The summed E-state index contributed by atoms with van der Waals surface area (Å²) in [5.41, 5.74) is 1.81. The molecule has 14 heavy (non-hydrogen) atoms. The van der Waals surface area contributed by atoms with E-state index in [1.54, 1.807) is 4.57 Å². The second kappa shape index (κ2) is 2.72. The molecular formula is C10H12N2O2. The maximum Gasteiger partial charge on any atom is 0.326 e. The number of aromatic nitrogens is 2. The highest BCUT2D eigenvalue weighted by molar-refractivity contribution is 5.75. The van der Waals surface area contributed by atoms with E-state index < -0.39 is 0 Å². The van der Waals surface area contributed by atoms with E-state index in [2.05, 4.69) is 4.98 Å². The van der Waals surface area contributed by atoms with Crippen LogP contribution < -0.4 is 5.69 Å². The van der Waals surface area contributed by atoms with Gasteiger partial charge in [0.15, 0.2) is 0 Å². The van der Waals surface area contributed by atoms with E-state index in [4.69, 9.17) is 4.74 Å². The van der Waals surface area contributed by atoms with Gasteiger partial charge in [0.2, 0.25) is 0 Å². The van der Waals surface area contributed by atoms with E-state index in [9.17, 15) is 4.79 Å². The number of fused-ring (bicyclic) bond motifs is 1. The first-order valence-electron chi connectivity index (χ1n) is 4.63. The summed E-state index contributed by atoms with van der Waals surface area (Å²) in [7, 11) is 0. The maximum atomic E-state index is 11.6. The van der Waals surface area contributed by atoms with Crippen molar-refractivity contribution in [3.63, 3.8) is 0 Å². The second-order valence-electron chi connectivity index (χ2n) is 3.51. The van der Waals surface area contributed by atoms with E-state index in [1.165, 1.54) is 0 Å². The van der Waals surface area contributed by atoms with Crippen LogP contribution in [0.5, 0.6) is 0 Å². The van der Waals surface area contributed by atoms with Gasteiger partial charge in [-0.3, -0.25) is 4.57 Å². The fourth-order valence-electron chi connectivity index (χ4n) is 1.81. The molecule has 1 aliphatic heterocycles. The summed E-state index contributed by atoms with van der Waals surface area (Å²) in [6.07, 6.45) is 0. The van der Waals surface area contributed by atoms with E-state index in [1.807, 2.05) is 24.3 Å². The Morgan fingerprint density at radius 2 is 2.21 bits per heavy atom. The molecule has 1 aromatic heterocycles. The minimum absolute atomic E-state index is 0. The Bertz CT molecular complexity index is 527. The SMILES string of the molecule is O=c1[nH]c2ccccc2n1C1COC1.[HH]. The van der Waals surface area contributed by atoms with Gasteiger partial charge in [0, 0.05) is 1.43 Å². The van der Waals surface area contributed by atoms with Crippen molar-refractivity contribution in [2.24, 2.45) is 0 Å². The monoisotopic (exact) mass is 192 g/mol. The molecule has 0 amide bonds. The van der Waals surface area contributed by atoms with Gasteiger partial charge in [0.1, 0.15) is 0 Å². The summed E-state index contributed by atoms with van der Waals surface area (Å²) in [6, 6.07) is 7.92. The van der Waals surface area contributed by atoms with Gasteiger partial charge in [-0.15, -0.1) is 0 Å². The number of H-pyrrole nitrogens is 1. The molecule has 0 atom stereocenters. The number of nitrogens with zero attached hydrogens (tertiary/aromatic N) is 1. The predicted molar refractivity (Wildman–Crippen MR) is 54.5 cm³/mol. The van der Waals surface area contributed by atoms with Gasteiger partial charge in [0.05, 0.1) is 30.3 Å². The number of hydrogen-bond donors (Lipinski definition) is 1. The average Bonchev–Trinajstić information content (AvgIpc) is 2.41. The van der Waals surface area contributed by atoms with Crippen LogP contribution >= 0.6 is 0 Å². The molecule has 0 spiro atoms. The van der Waals surface area contributed by atoms with Crippen molar-refractivity contribution in [3.8, 4) is 0 Å². The topological polar surface area (TPSA) is 47.0 Å². The van der Waals surface area contributed by atoms with E-state index >= 15 is 0 Å². The first-order chi connectivity index (χ1) is 6.86. The largest absolute Gasteiger partial charge is 0.377 e. The Morgan fingerprint density at radius 3 is 2.93 bits per heavy atom. The average molecular weight is 192 g/mol. The summed E-state index contributed by atoms with van der Waals surface area (Å²) in [6.45, 7) is 1.28. The van der Waals surface area contributed by atoms with Crippen LogP contribution in [-0.2, 0) is 4.74 Å². The number of imidazole rings is 1. The quantitative estimate of drug-likeness (QED) is 0.736. The molecular weight excluding hydrogens is 180 g/mol. The highest BCUT2D eigenvalue weighted by atomic mass is 16.5. The van der Waals surface area contributed by atoms with Crippen molar-refractivity contribution >= 4 is 11.0 Å². The molecule has 1 fully saturated rings. The van der Waals surface area contributed by atoms with Crippen LogP contribution in [0.3, 0.4) is 0 Å². The zero-order valence-electron chi connectivity index (χ0n) is 7.56. The molecule has 3 rings (SSSR count). The Kier molecular flexibility index (Phi) is 1.52. The van der Waals surface area contributed by atoms with Crippen molar-refractivity contribution in [2.75, 3.05) is 13.2 Å². The highest BCUT2D eigenvalue weighted by Gasteiger charge is 2.23. The highest BCUT2D eigenvalue weighted by Crippen LogP contribution is 2.20. The van der Waals surface area contributed by atoms with Gasteiger partial charge < -0.3 is 9.72 Å². The standard InChI is InChI=1S/C10H10N2O2.H2/c13-10-11-8-3-1-2-4-9(8)12(10)7-5-14-6-7;/h1-4,7H,5-6H2,(H,11,13);1H. The number of nitrogens with one attached hydrogen (secondary N) is 1. The minimum atomic E-state index is -0.0421. The molecule has 0 radical (unpaired) electrons. The first-order valence-corrected chi connectivity index (χ1v) is 4.63. The van der Waals surface area contributed by atoms with Gasteiger partial charge in [-0.25, -0.2) is 4.79 Å². The molecule has 1 N–H and O–H groups in total. The summed E-state index contributed by atoms with van der Waals surface area (Å²) >= 11 is 0. The Labute approximate surface area is 81.6 Å². The Balaban J connectivity index is 0.000000853. The normalized spacial score (nSPS) is 17.1. The molecule has 1 saturated heterocycles. The van der Waals surface area contributed by atoms with Crippen LogP contribution in [0.2, 0.25) is 0 Å². The third-order valence-electron chi connectivity index (χ3n) is 2.61. The van der Waals surface area contributed by atoms with Crippen molar-refractivity contribution in [2.45, 2.75) is 6.04 Å². The van der Waals surface area contributed by atoms with E-state index in [0.29, 0.717) is 13.2 Å². The molecule has 4 heteroatoms. The lowest BCUT2D eigenvalue weighted by Gasteiger charge is -2.26. The minimum Gasteiger partial charge on any atom is -0.377 e. The molecule has 0 saturated carbocycles. The predicted octanol–water partition coefficient (Wildman–Crippen LogP) is 1.15. The number of ether oxygens (including phenoxy) is 1. The van der Waals surface area contributed by atoms with Crippen molar-refractivity contribution in [1.82, 2.24) is 9.55 Å². The van der Waals surface area contributed by atoms with Crippen LogP contribution in [0.4, 0.5) is 0 Å². The Morgan fingerprint density at radius 1 is 1.43 bits per heavy atom. The van der Waals surface area contributed by atoms with Gasteiger partial charge in [-0.05, 0) is 12.1 Å². The Hall–Kier alpha value is -1.55. The second-order valence-corrected chi connectivity index (χ2v) is 3.51. The summed E-state index contributed by atoms with van der Waals surface area (Å²) < 4.78 is 6.87. The summed E-state index contributed by atoms with van der Waals surface area (Å²) in [5.74, 6) is 0. The first kappa shape index (κ1) is 7.82. The van der Waals surface area contributed by atoms with Crippen LogP contribution in [0.1, 0.15) is 7.47 Å². The summed E-state index contributed by atoms with van der Waals surface area (Å²) in [4.78, 5) is 14.5. The lowest BCUT2D eigenvalue weighted by molar-refractivity contribution is -0.0228. The van der Waals surface area contributed by atoms with Gasteiger partial charge >= 0.3 is 5.69 Å². The molecule has 74 valence electrons. The van der Waals surface area contributed by atoms with Crippen molar-refractivity contribution in [3.05, 3.63) is 34.7 Å². The lowest BCUT2D eigenvalue weighted by Crippen LogP contribution is -2.36. The number of aromatic amines is 1. The number of para-hydroxylation sites is 2. The van der Waals surface area contributed by atoms with E-state index in [-0.39, 0.29) is 13.2 Å². The third-order valence-corrected chi connectivity index (χ3v) is 2.61. The molecule has 0 bridgehead atoms. The van der Waals surface area contributed by atoms with Gasteiger partial charge in [-0.1, -0.05) is 12.1 Å². The fourth-order valence-corrected chi connectivity index (χ4v) is 1.81. The van der Waals surface area contributed by atoms with Crippen LogP contribution in [-0.4, -0.2) is 22.8 Å². The molecule has 2 aromatic rings. The number of hydrogen-bond acceptors (Lipinski definition) is 2. The van der Waals surface area contributed by atoms with Crippen LogP contribution in [0, 0.1) is 0 Å². The molecule has 4 nitrogen and oxygen atoms in total. The molecule has 1 aliphatic rings. The third kappa shape index (κ3) is 0.943. The number of rotatable bonds is 1. The van der Waals surface area contributed by atoms with Crippen LogP contribution in [0.25, 0.3) is 11.0 Å². The van der Waals surface area contributed by atoms with Gasteiger partial charge in [-0.2, -0.15) is 0 Å². The molecule has 0 aliphatic carbocycles. The molecule has 2 heterocycles. The summed E-state index contributed by atoms with van der Waals surface area (Å²) in [5, 5.41) is 0. The van der Waals surface area contributed by atoms with Crippen molar-refractivity contribution < 1.29 is 6.16 Å². The van der Waals surface area contributed by atoms with Crippen LogP contribution in [0.15, 0.2) is 29.1 Å². The fraction of sp³-hybridized carbons (Fsp3) is 0.300. The smallest absolute Gasteiger partial charge is 0.326 e. The maximum absolute atomic E-state index is 11.6. The lowest BCUT2D eigenvalue weighted by atomic mass is 10.2.